The van der Waals surface area contributed by atoms with E-state index in [9.17, 15) is 4.79 Å². The summed E-state index contributed by atoms with van der Waals surface area (Å²) in [6.45, 7) is 12.6. The van der Waals surface area contributed by atoms with Crippen LogP contribution in [0.25, 0.3) is 0 Å². The van der Waals surface area contributed by atoms with Gasteiger partial charge in [-0.05, 0) is 55.4 Å². The summed E-state index contributed by atoms with van der Waals surface area (Å²) in [5.41, 5.74) is 2.97. The van der Waals surface area contributed by atoms with Crippen LogP contribution in [0.1, 0.15) is 53.4 Å². The van der Waals surface area contributed by atoms with Crippen LogP contribution >= 0.6 is 0 Å². The van der Waals surface area contributed by atoms with Gasteiger partial charge in [-0.15, -0.1) is 0 Å². The summed E-state index contributed by atoms with van der Waals surface area (Å²) in [6.07, 6.45) is 6.41. The molecule has 0 heterocycles. The predicted octanol–water partition coefficient (Wildman–Crippen LogP) is 4.27. The molecular formula is C17H26O2. The number of hydrogen-bond donors (Lipinski definition) is 0. The van der Waals surface area contributed by atoms with E-state index < -0.39 is 0 Å². The zero-order valence-corrected chi connectivity index (χ0v) is 12.7. The lowest BCUT2D eigenvalue weighted by Gasteiger charge is -2.52. The quantitative estimate of drug-likeness (QED) is 0.521. The largest absolute Gasteiger partial charge is 0.458 e. The van der Waals surface area contributed by atoms with Crippen LogP contribution in [0, 0.1) is 17.3 Å². The molecule has 2 unspecified atom stereocenters. The van der Waals surface area contributed by atoms with Gasteiger partial charge in [0.1, 0.15) is 6.10 Å². The van der Waals surface area contributed by atoms with Gasteiger partial charge in [0.05, 0.1) is 0 Å². The molecule has 2 rings (SSSR count). The molecule has 0 radical (unpaired) electrons. The molecule has 106 valence electrons. The molecule has 0 saturated heterocycles. The number of rotatable bonds is 1. The average Bonchev–Trinajstić information content (AvgIpc) is 2.33. The van der Waals surface area contributed by atoms with Gasteiger partial charge in [-0.25, -0.2) is 0 Å². The lowest BCUT2D eigenvalue weighted by molar-refractivity contribution is -0.144. The van der Waals surface area contributed by atoms with Gasteiger partial charge in [0.2, 0.25) is 0 Å². The standard InChI is InChI=1S/C17H26O2/c1-11-7-9-16(19-13(3)18)12(2)6-8-15-14(11)10-17(15,4)5/h6,14-16H,1,7-10H2,2-5H3/b12-6+/t14-,15?,16?/m0/s1. The van der Waals surface area contributed by atoms with Crippen LogP contribution in [0.5, 0.6) is 0 Å². The number of esters is 1. The number of carbonyl (C=O) groups excluding carboxylic acids is 1. The summed E-state index contributed by atoms with van der Waals surface area (Å²) < 4.78 is 5.44. The molecule has 2 heteroatoms. The van der Waals surface area contributed by atoms with Crippen molar-refractivity contribution in [3.8, 4) is 0 Å². The third-order valence-corrected chi connectivity index (χ3v) is 5.00. The molecule has 0 spiro atoms. The lowest BCUT2D eigenvalue weighted by atomic mass is 9.52. The Hall–Kier alpha value is -1.05. The summed E-state index contributed by atoms with van der Waals surface area (Å²) in [5, 5.41) is 0. The van der Waals surface area contributed by atoms with E-state index >= 15 is 0 Å². The molecule has 3 atom stereocenters. The maximum atomic E-state index is 11.2. The van der Waals surface area contributed by atoms with Crippen LogP contribution in [0.4, 0.5) is 0 Å². The van der Waals surface area contributed by atoms with Crippen LogP contribution < -0.4 is 0 Å². The van der Waals surface area contributed by atoms with E-state index in [0.717, 1.165) is 19.3 Å². The van der Waals surface area contributed by atoms with Crippen molar-refractivity contribution >= 4 is 5.97 Å². The normalized spacial score (nSPS) is 36.7. The fourth-order valence-corrected chi connectivity index (χ4v) is 3.68. The van der Waals surface area contributed by atoms with Crippen LogP contribution in [0.3, 0.4) is 0 Å². The molecule has 1 saturated carbocycles. The fourth-order valence-electron chi connectivity index (χ4n) is 3.68. The number of hydrogen-bond acceptors (Lipinski definition) is 2. The maximum Gasteiger partial charge on any atom is 0.303 e. The second-order valence-corrected chi connectivity index (χ2v) is 6.88. The van der Waals surface area contributed by atoms with Crippen molar-refractivity contribution in [1.82, 2.24) is 0 Å². The first-order valence-electron chi connectivity index (χ1n) is 7.33. The van der Waals surface area contributed by atoms with Crippen molar-refractivity contribution in [2.24, 2.45) is 17.3 Å². The van der Waals surface area contributed by atoms with Crippen LogP contribution in [-0.4, -0.2) is 12.1 Å². The SMILES string of the molecule is C=C1CCC(OC(C)=O)/C(C)=C/CC2[C@H]1CC2(C)C. The Morgan fingerprint density at radius 1 is 1.47 bits per heavy atom. The highest BCUT2D eigenvalue weighted by atomic mass is 16.5. The molecule has 0 aromatic heterocycles. The fraction of sp³-hybridized carbons (Fsp3) is 0.706. The molecule has 0 amide bonds. The van der Waals surface area contributed by atoms with Crippen LogP contribution in [0.15, 0.2) is 23.8 Å². The highest BCUT2D eigenvalue weighted by Crippen LogP contribution is 2.56. The molecule has 2 aliphatic carbocycles. The van der Waals surface area contributed by atoms with Crippen molar-refractivity contribution in [3.63, 3.8) is 0 Å². The smallest absolute Gasteiger partial charge is 0.303 e. The Balaban J connectivity index is 2.16. The Labute approximate surface area is 116 Å². The predicted molar refractivity (Wildman–Crippen MR) is 77.7 cm³/mol. The highest BCUT2D eigenvalue weighted by Gasteiger charge is 2.47. The van der Waals surface area contributed by atoms with E-state index in [-0.39, 0.29) is 12.1 Å². The van der Waals surface area contributed by atoms with Crippen molar-refractivity contribution < 1.29 is 9.53 Å². The lowest BCUT2D eigenvalue weighted by Crippen LogP contribution is -2.44. The topological polar surface area (TPSA) is 26.3 Å². The number of carbonyl (C=O) groups is 1. The van der Waals surface area contributed by atoms with Gasteiger partial charge in [-0.2, -0.15) is 0 Å². The van der Waals surface area contributed by atoms with Crippen LogP contribution in [-0.2, 0) is 9.53 Å². The van der Waals surface area contributed by atoms with Gasteiger partial charge in [0.25, 0.3) is 0 Å². The minimum absolute atomic E-state index is 0.0603. The molecule has 2 nitrogen and oxygen atoms in total. The third kappa shape index (κ3) is 2.93. The highest BCUT2D eigenvalue weighted by molar-refractivity contribution is 5.66. The summed E-state index contributed by atoms with van der Waals surface area (Å²) in [6, 6.07) is 0. The van der Waals surface area contributed by atoms with Crippen LogP contribution in [0.2, 0.25) is 0 Å². The van der Waals surface area contributed by atoms with E-state index in [2.05, 4.69) is 33.4 Å². The molecule has 1 fully saturated rings. The van der Waals surface area contributed by atoms with E-state index in [0.29, 0.717) is 17.3 Å². The van der Waals surface area contributed by atoms with E-state index in [1.807, 2.05) is 0 Å². The van der Waals surface area contributed by atoms with Gasteiger partial charge in [-0.1, -0.05) is 32.1 Å². The zero-order valence-electron chi connectivity index (χ0n) is 12.7. The number of ether oxygens (including phenoxy) is 1. The first-order valence-corrected chi connectivity index (χ1v) is 7.33. The monoisotopic (exact) mass is 262 g/mol. The molecule has 0 aromatic carbocycles. The van der Waals surface area contributed by atoms with E-state index in [4.69, 9.17) is 4.74 Å². The van der Waals surface area contributed by atoms with Gasteiger partial charge >= 0.3 is 5.97 Å². The molecular weight excluding hydrogens is 236 g/mol. The van der Waals surface area contributed by atoms with E-state index in [1.54, 1.807) is 0 Å². The summed E-state index contributed by atoms with van der Waals surface area (Å²) in [5.74, 6) is 1.17. The summed E-state index contributed by atoms with van der Waals surface area (Å²) >= 11 is 0. The minimum atomic E-state index is -0.189. The van der Waals surface area contributed by atoms with Crippen molar-refractivity contribution in [1.29, 1.82) is 0 Å². The Morgan fingerprint density at radius 2 is 2.16 bits per heavy atom. The van der Waals surface area contributed by atoms with Gasteiger partial charge < -0.3 is 4.74 Å². The number of fused-ring (bicyclic) bond motifs is 1. The van der Waals surface area contributed by atoms with Crippen molar-refractivity contribution in [2.45, 2.75) is 59.5 Å². The second kappa shape index (κ2) is 5.15. The Kier molecular flexibility index (Phi) is 3.89. The van der Waals surface area contributed by atoms with Gasteiger partial charge in [-0.3, -0.25) is 4.79 Å². The van der Waals surface area contributed by atoms with Gasteiger partial charge in [0, 0.05) is 6.92 Å². The first-order chi connectivity index (χ1) is 8.81. The number of allylic oxidation sites excluding steroid dienone is 2. The molecule has 0 aliphatic heterocycles. The van der Waals surface area contributed by atoms with Crippen molar-refractivity contribution in [2.75, 3.05) is 0 Å². The summed E-state index contributed by atoms with van der Waals surface area (Å²) in [4.78, 5) is 11.2. The molecule has 19 heavy (non-hydrogen) atoms. The molecule has 0 aromatic rings. The minimum Gasteiger partial charge on any atom is -0.458 e. The first kappa shape index (κ1) is 14.4. The Morgan fingerprint density at radius 3 is 2.74 bits per heavy atom. The maximum absolute atomic E-state index is 11.2. The zero-order chi connectivity index (χ0) is 14.2. The second-order valence-electron chi connectivity index (χ2n) is 6.88. The Bertz CT molecular complexity index is 417. The molecule has 0 N–H and O–H groups in total. The molecule has 2 aliphatic rings. The third-order valence-electron chi connectivity index (χ3n) is 5.00. The van der Waals surface area contributed by atoms with Gasteiger partial charge in [0.15, 0.2) is 0 Å². The summed E-state index contributed by atoms with van der Waals surface area (Å²) in [7, 11) is 0. The van der Waals surface area contributed by atoms with Crippen molar-refractivity contribution in [3.05, 3.63) is 23.8 Å². The molecule has 0 bridgehead atoms. The average molecular weight is 262 g/mol. The van der Waals surface area contributed by atoms with E-state index in [1.165, 1.54) is 24.5 Å².